The van der Waals surface area contributed by atoms with Crippen LogP contribution in [0.2, 0.25) is 10.0 Å². The van der Waals surface area contributed by atoms with E-state index in [9.17, 15) is 9.90 Å². The summed E-state index contributed by atoms with van der Waals surface area (Å²) in [7, 11) is 0. The number of rotatable bonds is 2. The number of nitrogens with zero attached hydrogens (tertiary/aromatic N) is 4. The van der Waals surface area contributed by atoms with Crippen molar-refractivity contribution in [3.05, 3.63) is 87.8 Å². The Bertz CT molecular complexity index is 1290. The van der Waals surface area contributed by atoms with Crippen LogP contribution >= 0.6 is 23.2 Å². The van der Waals surface area contributed by atoms with Crippen molar-refractivity contribution in [2.75, 3.05) is 6.54 Å². The van der Waals surface area contributed by atoms with Crippen LogP contribution in [0.4, 0.5) is 4.79 Å². The molecule has 1 aliphatic heterocycles. The summed E-state index contributed by atoms with van der Waals surface area (Å²) in [5.41, 5.74) is 5.75. The minimum atomic E-state index is -0.944. The highest BCUT2D eigenvalue weighted by Crippen LogP contribution is 2.37. The summed E-state index contributed by atoms with van der Waals surface area (Å²) >= 11 is 12.3. The molecular formula is C22H16Cl2N4O2. The molecule has 2 aromatic heterocycles. The summed E-state index contributed by atoms with van der Waals surface area (Å²) in [5, 5.41) is 14.8. The summed E-state index contributed by atoms with van der Waals surface area (Å²) in [4.78, 5) is 17.4. The average molecular weight is 439 g/mol. The number of hydrogen-bond donors (Lipinski definition) is 1. The molecule has 0 saturated heterocycles. The predicted molar refractivity (Wildman–Crippen MR) is 115 cm³/mol. The van der Waals surface area contributed by atoms with Crippen molar-refractivity contribution in [2.45, 2.75) is 12.5 Å². The molecule has 0 fully saturated rings. The van der Waals surface area contributed by atoms with Gasteiger partial charge in [0.15, 0.2) is 5.65 Å². The molecule has 8 heteroatoms. The maximum atomic E-state index is 11.8. The van der Waals surface area contributed by atoms with E-state index in [0.717, 1.165) is 33.5 Å². The number of aromatic nitrogens is 3. The van der Waals surface area contributed by atoms with Crippen LogP contribution in [0, 0.1) is 0 Å². The van der Waals surface area contributed by atoms with Crippen LogP contribution in [0.1, 0.15) is 22.6 Å². The van der Waals surface area contributed by atoms with Crippen molar-refractivity contribution >= 4 is 34.9 Å². The van der Waals surface area contributed by atoms with Gasteiger partial charge < -0.3 is 10.0 Å². The first-order chi connectivity index (χ1) is 14.5. The van der Waals surface area contributed by atoms with Crippen LogP contribution in [0.5, 0.6) is 0 Å². The molecule has 5 rings (SSSR count). The van der Waals surface area contributed by atoms with E-state index in [1.165, 1.54) is 11.2 Å². The molecule has 1 amide bonds. The lowest BCUT2D eigenvalue weighted by Crippen LogP contribution is -2.37. The van der Waals surface area contributed by atoms with Crippen LogP contribution in [-0.4, -0.2) is 37.2 Å². The molecule has 0 aliphatic carbocycles. The van der Waals surface area contributed by atoms with Gasteiger partial charge in [0.25, 0.3) is 0 Å². The van der Waals surface area contributed by atoms with Gasteiger partial charge in [0.05, 0.1) is 10.0 Å². The number of benzene rings is 2. The van der Waals surface area contributed by atoms with Gasteiger partial charge in [0, 0.05) is 30.8 Å². The molecule has 150 valence electrons. The van der Waals surface area contributed by atoms with E-state index in [2.05, 4.69) is 22.2 Å². The highest BCUT2D eigenvalue weighted by molar-refractivity contribution is 6.42. The van der Waals surface area contributed by atoms with E-state index in [0.29, 0.717) is 23.1 Å². The number of fused-ring (bicyclic) bond motifs is 2. The fourth-order valence-electron chi connectivity index (χ4n) is 4.00. The Morgan fingerprint density at radius 1 is 1.03 bits per heavy atom. The van der Waals surface area contributed by atoms with Crippen LogP contribution in [-0.2, 0) is 6.54 Å². The maximum Gasteiger partial charge on any atom is 0.407 e. The minimum Gasteiger partial charge on any atom is -0.465 e. The van der Waals surface area contributed by atoms with E-state index in [4.69, 9.17) is 23.2 Å². The van der Waals surface area contributed by atoms with Crippen molar-refractivity contribution in [2.24, 2.45) is 0 Å². The molecule has 1 N–H and O–H groups in total. The third-order valence-electron chi connectivity index (χ3n) is 5.51. The molecule has 4 aromatic rings. The monoisotopic (exact) mass is 438 g/mol. The topological polar surface area (TPSA) is 70.7 Å². The summed E-state index contributed by atoms with van der Waals surface area (Å²) in [5.74, 6) is -0.119. The van der Waals surface area contributed by atoms with Gasteiger partial charge in [-0.2, -0.15) is 5.10 Å². The number of hydrogen-bond acceptors (Lipinski definition) is 3. The lowest BCUT2D eigenvalue weighted by atomic mass is 9.83. The molecule has 2 aromatic carbocycles. The Morgan fingerprint density at radius 2 is 1.87 bits per heavy atom. The van der Waals surface area contributed by atoms with Gasteiger partial charge in [-0.3, -0.25) is 0 Å². The lowest BCUT2D eigenvalue weighted by molar-refractivity contribution is 0.137. The van der Waals surface area contributed by atoms with E-state index >= 15 is 0 Å². The van der Waals surface area contributed by atoms with Gasteiger partial charge in [-0.1, -0.05) is 41.4 Å². The second kappa shape index (κ2) is 7.31. The molecule has 0 spiro atoms. The number of pyridine rings is 1. The van der Waals surface area contributed by atoms with Crippen LogP contribution in [0.3, 0.4) is 0 Å². The van der Waals surface area contributed by atoms with Crippen LogP contribution in [0.25, 0.3) is 16.8 Å². The Labute approximate surface area is 182 Å². The Morgan fingerprint density at radius 3 is 2.67 bits per heavy atom. The first-order valence-corrected chi connectivity index (χ1v) is 10.1. The summed E-state index contributed by atoms with van der Waals surface area (Å²) in [6.45, 7) is 0.701. The maximum absolute atomic E-state index is 11.8. The smallest absolute Gasteiger partial charge is 0.407 e. The standard InChI is InChI=1S/C22H16Cl2N4O2/c23-19-5-2-14(8-20(19)24)18-11-27(22(29)30)9-16-7-13(1-4-17(16)18)15-3-6-21-25-12-26-28(21)10-15/h1-8,10,12,18H,9,11H2,(H,29,30). The van der Waals surface area contributed by atoms with E-state index in [-0.39, 0.29) is 5.92 Å². The quantitative estimate of drug-likeness (QED) is 0.459. The molecule has 0 radical (unpaired) electrons. The highest BCUT2D eigenvalue weighted by Gasteiger charge is 2.29. The number of carboxylic acid groups (broad SMARTS) is 1. The normalized spacial score (nSPS) is 15.9. The third-order valence-corrected chi connectivity index (χ3v) is 6.25. The average Bonchev–Trinajstić information content (AvgIpc) is 3.22. The van der Waals surface area contributed by atoms with E-state index in [1.807, 2.05) is 36.5 Å². The van der Waals surface area contributed by atoms with Gasteiger partial charge in [-0.25, -0.2) is 14.3 Å². The molecule has 1 aliphatic rings. The van der Waals surface area contributed by atoms with Crippen molar-refractivity contribution in [1.82, 2.24) is 19.5 Å². The molecule has 0 saturated carbocycles. The Hall–Kier alpha value is -3.09. The summed E-state index contributed by atoms with van der Waals surface area (Å²) in [6.07, 6.45) is 2.48. The Balaban J connectivity index is 1.60. The van der Waals surface area contributed by atoms with Gasteiger partial charge in [-0.15, -0.1) is 0 Å². The molecule has 0 bridgehead atoms. The summed E-state index contributed by atoms with van der Waals surface area (Å²) in [6, 6.07) is 15.5. The zero-order valence-corrected chi connectivity index (χ0v) is 17.2. The van der Waals surface area contributed by atoms with E-state index < -0.39 is 6.09 Å². The fraction of sp³-hybridized carbons (Fsp3) is 0.136. The van der Waals surface area contributed by atoms with Crippen molar-refractivity contribution < 1.29 is 9.90 Å². The molecule has 3 heterocycles. The molecule has 1 unspecified atom stereocenters. The van der Waals surface area contributed by atoms with E-state index in [1.54, 1.807) is 10.6 Å². The zero-order chi connectivity index (χ0) is 20.8. The number of halogens is 2. The van der Waals surface area contributed by atoms with Gasteiger partial charge >= 0.3 is 6.09 Å². The summed E-state index contributed by atoms with van der Waals surface area (Å²) < 4.78 is 1.72. The largest absolute Gasteiger partial charge is 0.465 e. The number of carbonyl (C=O) groups is 1. The molecule has 1 atom stereocenters. The first-order valence-electron chi connectivity index (χ1n) is 9.35. The second-order valence-electron chi connectivity index (χ2n) is 7.28. The van der Waals surface area contributed by atoms with Gasteiger partial charge in [0.1, 0.15) is 6.33 Å². The number of amides is 1. The van der Waals surface area contributed by atoms with Crippen LogP contribution in [0.15, 0.2) is 61.1 Å². The highest BCUT2D eigenvalue weighted by atomic mass is 35.5. The Kier molecular flexibility index (Phi) is 4.60. The molecular weight excluding hydrogens is 423 g/mol. The minimum absolute atomic E-state index is 0.119. The molecule has 30 heavy (non-hydrogen) atoms. The van der Waals surface area contributed by atoms with Gasteiger partial charge in [-0.05, 0) is 52.6 Å². The molecule has 6 nitrogen and oxygen atoms in total. The third kappa shape index (κ3) is 3.28. The van der Waals surface area contributed by atoms with Gasteiger partial charge in [0.2, 0.25) is 0 Å². The zero-order valence-electron chi connectivity index (χ0n) is 15.7. The SMILES string of the molecule is O=C(O)N1Cc2cc(-c3ccc4ncnn4c3)ccc2C(c2ccc(Cl)c(Cl)c2)C1. The predicted octanol–water partition coefficient (Wildman–Crippen LogP) is 5.33. The van der Waals surface area contributed by atoms with Crippen molar-refractivity contribution in [3.8, 4) is 11.1 Å². The van der Waals surface area contributed by atoms with Crippen molar-refractivity contribution in [1.29, 1.82) is 0 Å². The fourth-order valence-corrected chi connectivity index (χ4v) is 4.31. The first kappa shape index (κ1) is 18.9. The lowest BCUT2D eigenvalue weighted by Gasteiger charge is -2.34. The van der Waals surface area contributed by atoms with Crippen LogP contribution < -0.4 is 0 Å². The second-order valence-corrected chi connectivity index (χ2v) is 8.10. The van der Waals surface area contributed by atoms with Crippen molar-refractivity contribution in [3.63, 3.8) is 0 Å².